The van der Waals surface area contributed by atoms with Crippen molar-refractivity contribution in [3.63, 3.8) is 0 Å². The van der Waals surface area contributed by atoms with Crippen LogP contribution in [0.1, 0.15) is 27.8 Å². The first-order valence-electron chi connectivity index (χ1n) is 12.8. The molecule has 0 saturated carbocycles. The Hall–Kier alpha value is -2.90. The number of aliphatic hydroxyl groups excluding tert-OH is 1. The van der Waals surface area contributed by atoms with Crippen LogP contribution in [0.3, 0.4) is 0 Å². The molecule has 3 aromatic rings. The molecule has 1 aliphatic carbocycles. The van der Waals surface area contributed by atoms with Gasteiger partial charge in [-0.3, -0.25) is 0 Å². The Bertz CT molecular complexity index is 1150. The molecule has 0 heterocycles. The van der Waals surface area contributed by atoms with Crippen molar-refractivity contribution in [2.24, 2.45) is 0 Å². The number of anilines is 1. The largest absolute Gasteiger partial charge is 0.489 e. The fourth-order valence-electron chi connectivity index (χ4n) is 5.14. The number of benzene rings is 3. The number of hydrogen-bond acceptors (Lipinski definition) is 6. The zero-order chi connectivity index (χ0) is 26.4. The Morgan fingerprint density at radius 1 is 0.730 bits per heavy atom. The van der Waals surface area contributed by atoms with Crippen molar-refractivity contribution in [2.45, 2.75) is 19.3 Å². The number of fused-ring (bicyclic) bond motifs is 3. The topological polar surface area (TPSA) is 60.4 Å². The highest BCUT2D eigenvalue weighted by Crippen LogP contribution is 2.53. The van der Waals surface area contributed by atoms with Gasteiger partial charge >= 0.3 is 0 Å². The molecule has 0 aromatic heterocycles. The van der Waals surface area contributed by atoms with E-state index < -0.39 is 5.41 Å². The summed E-state index contributed by atoms with van der Waals surface area (Å²) in [5.41, 5.74) is 8.39. The monoisotopic (exact) mass is 505 g/mol. The molecule has 3 aromatic carbocycles. The van der Waals surface area contributed by atoms with Crippen LogP contribution in [0, 0.1) is 13.8 Å². The Kier molecular flexibility index (Phi) is 8.87. The third-order valence-electron chi connectivity index (χ3n) is 7.02. The lowest BCUT2D eigenvalue weighted by atomic mass is 9.72. The minimum absolute atomic E-state index is 0.0206. The molecule has 1 N–H and O–H groups in total. The Balaban J connectivity index is 1.59. The van der Waals surface area contributed by atoms with Gasteiger partial charge in [0.25, 0.3) is 0 Å². The maximum Gasteiger partial charge on any atom is 0.142 e. The summed E-state index contributed by atoms with van der Waals surface area (Å²) >= 11 is 0. The average molecular weight is 506 g/mol. The molecule has 0 unspecified atom stereocenters. The van der Waals surface area contributed by atoms with E-state index >= 15 is 0 Å². The van der Waals surface area contributed by atoms with Crippen LogP contribution < -0.4 is 9.64 Å². The molecular weight excluding hydrogens is 466 g/mol. The molecule has 198 valence electrons. The maximum atomic E-state index is 11.1. The van der Waals surface area contributed by atoms with Gasteiger partial charge in [-0.05, 0) is 53.8 Å². The minimum atomic E-state index is -0.641. The van der Waals surface area contributed by atoms with Crippen LogP contribution in [0.15, 0.2) is 54.6 Å². The molecule has 4 rings (SSSR count). The zero-order valence-corrected chi connectivity index (χ0v) is 22.7. The molecule has 0 atom stereocenters. The molecule has 0 spiro atoms. The second-order valence-corrected chi connectivity index (χ2v) is 9.80. The number of ether oxygens (including phenoxy) is 4. The molecule has 6 nitrogen and oxygen atoms in total. The summed E-state index contributed by atoms with van der Waals surface area (Å²) in [6.07, 6.45) is 0. The fraction of sp³-hybridized carbons (Fsp3) is 0.419. The van der Waals surface area contributed by atoms with E-state index in [1.54, 1.807) is 7.11 Å². The number of rotatable bonds is 13. The van der Waals surface area contributed by atoms with Gasteiger partial charge in [0.05, 0.1) is 50.7 Å². The highest BCUT2D eigenvalue weighted by Gasteiger charge is 2.44. The van der Waals surface area contributed by atoms with Gasteiger partial charge in [0.15, 0.2) is 0 Å². The number of aryl methyl sites for hydroxylation is 2. The van der Waals surface area contributed by atoms with E-state index in [2.05, 4.69) is 67.3 Å². The van der Waals surface area contributed by atoms with Crippen molar-refractivity contribution in [2.75, 3.05) is 72.4 Å². The van der Waals surface area contributed by atoms with E-state index in [9.17, 15) is 5.11 Å². The Morgan fingerprint density at radius 3 is 1.84 bits per heavy atom. The average Bonchev–Trinajstić information content (AvgIpc) is 3.16. The van der Waals surface area contributed by atoms with Crippen LogP contribution in [0.4, 0.5) is 5.69 Å². The fourth-order valence-corrected chi connectivity index (χ4v) is 5.14. The molecular formula is C31H39NO5. The summed E-state index contributed by atoms with van der Waals surface area (Å²) < 4.78 is 22.1. The molecule has 0 amide bonds. The number of hydrogen-bond donors (Lipinski definition) is 1. The predicted octanol–water partition coefficient (Wildman–Crippen LogP) is 4.73. The molecule has 6 heteroatoms. The Labute approximate surface area is 220 Å². The van der Waals surface area contributed by atoms with Crippen LogP contribution in [-0.4, -0.2) is 72.6 Å². The van der Waals surface area contributed by atoms with Crippen molar-refractivity contribution in [1.82, 2.24) is 0 Å². The SMILES string of the molecule is COCCOCCOCCOc1ccc(C2(CO)c3cc(C)ccc3-c3ccc(C)cc32)cc1N(C)C. The molecule has 0 fully saturated rings. The number of nitrogens with zero attached hydrogens (tertiary/aromatic N) is 1. The van der Waals surface area contributed by atoms with Crippen molar-refractivity contribution >= 4 is 5.69 Å². The highest BCUT2D eigenvalue weighted by atomic mass is 16.6. The number of methoxy groups -OCH3 is 1. The van der Waals surface area contributed by atoms with E-state index in [4.69, 9.17) is 18.9 Å². The smallest absolute Gasteiger partial charge is 0.142 e. The van der Waals surface area contributed by atoms with Crippen molar-refractivity contribution in [3.8, 4) is 16.9 Å². The van der Waals surface area contributed by atoms with Crippen molar-refractivity contribution in [3.05, 3.63) is 82.4 Å². The third-order valence-corrected chi connectivity index (χ3v) is 7.02. The molecule has 0 saturated heterocycles. The number of aliphatic hydroxyl groups is 1. The first-order chi connectivity index (χ1) is 17.9. The van der Waals surface area contributed by atoms with Gasteiger partial charge in [-0.15, -0.1) is 0 Å². The molecule has 1 aliphatic rings. The van der Waals surface area contributed by atoms with E-state index in [-0.39, 0.29) is 6.61 Å². The summed E-state index contributed by atoms with van der Waals surface area (Å²) in [5.74, 6) is 0.786. The van der Waals surface area contributed by atoms with Gasteiger partial charge in [-0.2, -0.15) is 0 Å². The van der Waals surface area contributed by atoms with Crippen LogP contribution in [-0.2, 0) is 19.6 Å². The first kappa shape index (κ1) is 27.1. The molecule has 0 radical (unpaired) electrons. The standard InChI is InChI=1S/C31H39NO5/c1-22-6-9-25-26-10-7-23(2)19-28(26)31(21-33,27(25)18-22)24-8-11-30(29(20-24)32(3)4)37-17-16-36-15-14-35-13-12-34-5/h6-11,18-20,33H,12-17,21H2,1-5H3. The van der Waals surface area contributed by atoms with Crippen LogP contribution in [0.2, 0.25) is 0 Å². The first-order valence-corrected chi connectivity index (χ1v) is 12.8. The van der Waals surface area contributed by atoms with E-state index in [1.165, 1.54) is 22.3 Å². The summed E-state index contributed by atoms with van der Waals surface area (Å²) in [6.45, 7) is 7.30. The van der Waals surface area contributed by atoms with Gasteiger partial charge < -0.3 is 29.0 Å². The van der Waals surface area contributed by atoms with E-state index in [0.29, 0.717) is 39.6 Å². The second kappa shape index (κ2) is 12.1. The third kappa shape index (κ3) is 5.53. The van der Waals surface area contributed by atoms with Crippen LogP contribution in [0.5, 0.6) is 5.75 Å². The predicted molar refractivity (Wildman–Crippen MR) is 148 cm³/mol. The molecule has 37 heavy (non-hydrogen) atoms. The van der Waals surface area contributed by atoms with Crippen molar-refractivity contribution in [1.29, 1.82) is 0 Å². The summed E-state index contributed by atoms with van der Waals surface area (Å²) in [4.78, 5) is 2.05. The maximum absolute atomic E-state index is 11.1. The molecule has 0 bridgehead atoms. The van der Waals surface area contributed by atoms with Gasteiger partial charge in [0, 0.05) is 21.2 Å². The quantitative estimate of drug-likeness (QED) is 0.339. The normalized spacial score (nSPS) is 13.4. The lowest BCUT2D eigenvalue weighted by Gasteiger charge is -2.32. The van der Waals surface area contributed by atoms with Crippen LogP contribution >= 0.6 is 0 Å². The van der Waals surface area contributed by atoms with Gasteiger partial charge in [0.1, 0.15) is 12.4 Å². The van der Waals surface area contributed by atoms with Crippen molar-refractivity contribution < 1.29 is 24.1 Å². The summed E-state index contributed by atoms with van der Waals surface area (Å²) in [6, 6.07) is 19.4. The lowest BCUT2D eigenvalue weighted by Crippen LogP contribution is -2.32. The zero-order valence-electron chi connectivity index (χ0n) is 22.7. The molecule has 0 aliphatic heterocycles. The second-order valence-electron chi connectivity index (χ2n) is 9.80. The van der Waals surface area contributed by atoms with E-state index in [1.807, 2.05) is 20.2 Å². The lowest BCUT2D eigenvalue weighted by molar-refractivity contribution is 0.0180. The van der Waals surface area contributed by atoms with E-state index in [0.717, 1.165) is 28.1 Å². The summed E-state index contributed by atoms with van der Waals surface area (Å²) in [5, 5.41) is 11.1. The summed E-state index contributed by atoms with van der Waals surface area (Å²) in [7, 11) is 5.68. The van der Waals surface area contributed by atoms with Gasteiger partial charge in [0.2, 0.25) is 0 Å². The minimum Gasteiger partial charge on any atom is -0.489 e. The van der Waals surface area contributed by atoms with Crippen LogP contribution in [0.25, 0.3) is 11.1 Å². The van der Waals surface area contributed by atoms with Gasteiger partial charge in [-0.1, -0.05) is 53.6 Å². The van der Waals surface area contributed by atoms with Gasteiger partial charge in [-0.25, -0.2) is 0 Å². The Morgan fingerprint density at radius 2 is 1.30 bits per heavy atom. The highest BCUT2D eigenvalue weighted by molar-refractivity contribution is 5.84.